The molecule has 19 heavy (non-hydrogen) atoms. The van der Waals surface area contributed by atoms with Gasteiger partial charge in [0, 0.05) is 25.8 Å². The summed E-state index contributed by atoms with van der Waals surface area (Å²) < 4.78 is 10.5. The molecule has 0 spiro atoms. The summed E-state index contributed by atoms with van der Waals surface area (Å²) in [5, 5.41) is 12.2. The molecule has 0 bridgehead atoms. The number of ether oxygens (including phenoxy) is 2. The van der Waals surface area contributed by atoms with Crippen molar-refractivity contribution in [3.8, 4) is 5.75 Å². The van der Waals surface area contributed by atoms with E-state index in [4.69, 9.17) is 14.6 Å². The van der Waals surface area contributed by atoms with Crippen molar-refractivity contribution in [1.82, 2.24) is 5.32 Å². The van der Waals surface area contributed by atoms with Crippen LogP contribution in [-0.4, -0.2) is 37.4 Å². The molecule has 1 aromatic rings. The van der Waals surface area contributed by atoms with E-state index in [0.29, 0.717) is 25.3 Å². The fraction of sp³-hybridized carbons (Fsp3) is 0.500. The SMILES string of the molecule is CCC(Oc1ccccc1CNCCOC)C(=O)O. The Balaban J connectivity index is 2.64. The molecule has 0 aliphatic heterocycles. The van der Waals surface area contributed by atoms with Crippen molar-refractivity contribution < 1.29 is 19.4 Å². The number of carboxylic acids is 1. The van der Waals surface area contributed by atoms with Gasteiger partial charge in [-0.3, -0.25) is 0 Å². The quantitative estimate of drug-likeness (QED) is 0.666. The molecule has 1 atom stereocenters. The molecule has 0 heterocycles. The van der Waals surface area contributed by atoms with E-state index in [9.17, 15) is 4.79 Å². The molecule has 0 fully saturated rings. The zero-order valence-electron chi connectivity index (χ0n) is 11.4. The minimum Gasteiger partial charge on any atom is -0.479 e. The minimum absolute atomic E-state index is 0.431. The molecule has 2 N–H and O–H groups in total. The fourth-order valence-electron chi connectivity index (χ4n) is 1.62. The first-order chi connectivity index (χ1) is 9.19. The van der Waals surface area contributed by atoms with Gasteiger partial charge in [0.05, 0.1) is 6.61 Å². The van der Waals surface area contributed by atoms with Crippen LogP contribution in [-0.2, 0) is 16.1 Å². The normalized spacial score (nSPS) is 12.1. The van der Waals surface area contributed by atoms with Crippen LogP contribution in [0.1, 0.15) is 18.9 Å². The zero-order chi connectivity index (χ0) is 14.1. The molecule has 106 valence electrons. The van der Waals surface area contributed by atoms with Gasteiger partial charge in [0.2, 0.25) is 0 Å². The van der Waals surface area contributed by atoms with Gasteiger partial charge in [0.15, 0.2) is 6.10 Å². The van der Waals surface area contributed by atoms with Crippen LogP contribution in [0.25, 0.3) is 0 Å². The van der Waals surface area contributed by atoms with Crippen LogP contribution in [0.2, 0.25) is 0 Å². The zero-order valence-corrected chi connectivity index (χ0v) is 11.4. The van der Waals surface area contributed by atoms with Gasteiger partial charge in [0.25, 0.3) is 0 Å². The van der Waals surface area contributed by atoms with Crippen molar-refractivity contribution >= 4 is 5.97 Å². The molecule has 0 aliphatic carbocycles. The lowest BCUT2D eigenvalue weighted by Crippen LogP contribution is -2.27. The summed E-state index contributed by atoms with van der Waals surface area (Å²) in [6.07, 6.45) is -0.374. The largest absolute Gasteiger partial charge is 0.479 e. The van der Waals surface area contributed by atoms with Crippen molar-refractivity contribution in [2.24, 2.45) is 0 Å². The van der Waals surface area contributed by atoms with Crippen LogP contribution in [0.5, 0.6) is 5.75 Å². The van der Waals surface area contributed by atoms with Crippen LogP contribution < -0.4 is 10.1 Å². The average Bonchev–Trinajstić information content (AvgIpc) is 2.42. The van der Waals surface area contributed by atoms with Crippen LogP contribution in [0.15, 0.2) is 24.3 Å². The Labute approximate surface area is 113 Å². The predicted octanol–water partition coefficient (Wildman–Crippen LogP) is 1.66. The number of nitrogens with one attached hydrogen (secondary N) is 1. The van der Waals surface area contributed by atoms with Gasteiger partial charge in [-0.2, -0.15) is 0 Å². The van der Waals surface area contributed by atoms with Crippen molar-refractivity contribution in [2.75, 3.05) is 20.3 Å². The number of hydrogen-bond acceptors (Lipinski definition) is 4. The van der Waals surface area contributed by atoms with E-state index in [1.807, 2.05) is 18.2 Å². The summed E-state index contributed by atoms with van der Waals surface area (Å²) in [6.45, 7) is 3.78. The Morgan fingerprint density at radius 1 is 1.42 bits per heavy atom. The van der Waals surface area contributed by atoms with E-state index < -0.39 is 12.1 Å². The molecular weight excluding hydrogens is 246 g/mol. The third kappa shape index (κ3) is 5.28. The highest BCUT2D eigenvalue weighted by molar-refractivity contribution is 5.72. The number of aliphatic carboxylic acids is 1. The number of para-hydroxylation sites is 1. The first kappa shape index (κ1) is 15.5. The number of carboxylic acid groups (broad SMARTS) is 1. The molecule has 0 aliphatic rings. The van der Waals surface area contributed by atoms with Crippen molar-refractivity contribution in [1.29, 1.82) is 0 Å². The molecule has 0 amide bonds. The van der Waals surface area contributed by atoms with Crippen LogP contribution in [0, 0.1) is 0 Å². The van der Waals surface area contributed by atoms with Crippen molar-refractivity contribution in [2.45, 2.75) is 26.0 Å². The first-order valence-corrected chi connectivity index (χ1v) is 6.36. The lowest BCUT2D eigenvalue weighted by molar-refractivity contribution is -0.145. The number of rotatable bonds is 9. The molecule has 0 aromatic heterocycles. The molecular formula is C14H21NO4. The summed E-state index contributed by atoms with van der Waals surface area (Å²) in [5.41, 5.74) is 0.943. The molecule has 0 saturated heterocycles. The van der Waals surface area contributed by atoms with Crippen LogP contribution >= 0.6 is 0 Å². The molecule has 1 rings (SSSR count). The summed E-state index contributed by atoms with van der Waals surface area (Å²) in [6, 6.07) is 7.45. The highest BCUT2D eigenvalue weighted by atomic mass is 16.5. The molecule has 5 nitrogen and oxygen atoms in total. The number of hydrogen-bond donors (Lipinski definition) is 2. The fourth-order valence-corrected chi connectivity index (χ4v) is 1.62. The van der Waals surface area contributed by atoms with E-state index in [1.165, 1.54) is 0 Å². The number of benzene rings is 1. The van der Waals surface area contributed by atoms with Gasteiger partial charge in [-0.05, 0) is 12.5 Å². The van der Waals surface area contributed by atoms with Gasteiger partial charge in [-0.1, -0.05) is 25.1 Å². The second-order valence-corrected chi connectivity index (χ2v) is 4.13. The van der Waals surface area contributed by atoms with E-state index in [0.717, 1.165) is 12.1 Å². The highest BCUT2D eigenvalue weighted by Crippen LogP contribution is 2.20. The van der Waals surface area contributed by atoms with E-state index >= 15 is 0 Å². The van der Waals surface area contributed by atoms with Gasteiger partial charge in [0.1, 0.15) is 5.75 Å². The van der Waals surface area contributed by atoms with Crippen LogP contribution in [0.3, 0.4) is 0 Å². The van der Waals surface area contributed by atoms with Crippen molar-refractivity contribution in [3.05, 3.63) is 29.8 Å². The Hall–Kier alpha value is -1.59. The molecule has 5 heteroatoms. The number of methoxy groups -OCH3 is 1. The Morgan fingerprint density at radius 3 is 2.79 bits per heavy atom. The van der Waals surface area contributed by atoms with Crippen LogP contribution in [0.4, 0.5) is 0 Å². The second kappa shape index (κ2) is 8.50. The summed E-state index contributed by atoms with van der Waals surface area (Å²) >= 11 is 0. The second-order valence-electron chi connectivity index (χ2n) is 4.13. The molecule has 0 saturated carbocycles. The summed E-state index contributed by atoms with van der Waals surface area (Å²) in [7, 11) is 1.65. The molecule has 1 unspecified atom stereocenters. The van der Waals surface area contributed by atoms with E-state index in [1.54, 1.807) is 20.1 Å². The van der Waals surface area contributed by atoms with Gasteiger partial charge in [-0.25, -0.2) is 4.79 Å². The maximum atomic E-state index is 11.0. The lowest BCUT2D eigenvalue weighted by atomic mass is 10.2. The average molecular weight is 267 g/mol. The topological polar surface area (TPSA) is 67.8 Å². The van der Waals surface area contributed by atoms with Crippen molar-refractivity contribution in [3.63, 3.8) is 0 Å². The third-order valence-electron chi connectivity index (χ3n) is 2.69. The smallest absolute Gasteiger partial charge is 0.344 e. The van der Waals surface area contributed by atoms with Gasteiger partial charge < -0.3 is 19.9 Å². The van der Waals surface area contributed by atoms with E-state index in [-0.39, 0.29) is 0 Å². The van der Waals surface area contributed by atoms with Gasteiger partial charge >= 0.3 is 5.97 Å². The Kier molecular flexibility index (Phi) is 6.92. The molecule has 1 aromatic carbocycles. The monoisotopic (exact) mass is 267 g/mol. The molecule has 0 radical (unpaired) electrons. The Morgan fingerprint density at radius 2 is 2.16 bits per heavy atom. The minimum atomic E-state index is -0.940. The first-order valence-electron chi connectivity index (χ1n) is 6.36. The van der Waals surface area contributed by atoms with Gasteiger partial charge in [-0.15, -0.1) is 0 Å². The highest BCUT2D eigenvalue weighted by Gasteiger charge is 2.17. The summed E-state index contributed by atoms with van der Waals surface area (Å²) in [5.74, 6) is -0.327. The summed E-state index contributed by atoms with van der Waals surface area (Å²) in [4.78, 5) is 11.0. The Bertz CT molecular complexity index is 395. The standard InChI is InChI=1S/C14H21NO4/c1-3-12(14(16)17)19-13-7-5-4-6-11(13)10-15-8-9-18-2/h4-7,12,15H,3,8-10H2,1-2H3,(H,16,17). The third-order valence-corrected chi connectivity index (χ3v) is 2.69. The van der Waals surface area contributed by atoms with E-state index in [2.05, 4.69) is 5.32 Å². The predicted molar refractivity (Wildman–Crippen MR) is 72.4 cm³/mol. The maximum Gasteiger partial charge on any atom is 0.344 e. The maximum absolute atomic E-state index is 11.0. The lowest BCUT2D eigenvalue weighted by Gasteiger charge is -2.16. The number of carbonyl (C=O) groups is 1.